The molecule has 1 rings (SSSR count). The van der Waals surface area contributed by atoms with E-state index in [-0.39, 0.29) is 11.5 Å². The molecule has 2 atom stereocenters. The number of methoxy groups -OCH3 is 3. The lowest BCUT2D eigenvalue weighted by Crippen LogP contribution is -2.51. The van der Waals surface area contributed by atoms with Crippen LogP contribution < -0.4 is 10.6 Å². The van der Waals surface area contributed by atoms with E-state index in [9.17, 15) is 24.0 Å². The van der Waals surface area contributed by atoms with Crippen molar-refractivity contribution < 1.29 is 38.2 Å². The van der Waals surface area contributed by atoms with Crippen LogP contribution in [0.15, 0.2) is 24.3 Å². The van der Waals surface area contributed by atoms with E-state index in [1.165, 1.54) is 38.1 Å². The minimum Gasteiger partial charge on any atom is -0.468 e. The van der Waals surface area contributed by atoms with Crippen LogP contribution in [0.25, 0.3) is 0 Å². The van der Waals surface area contributed by atoms with Crippen LogP contribution in [0.4, 0.5) is 5.69 Å². The Morgan fingerprint density at radius 3 is 1.72 bits per heavy atom. The SMILES string of the molecule is COC(=O)C(C(=O)OC)[C@H](C)[C@H](NC(=O)c1ccc(NC(C)=O)cc1)C(=O)OC. The van der Waals surface area contributed by atoms with Crippen molar-refractivity contribution in [2.24, 2.45) is 11.8 Å². The van der Waals surface area contributed by atoms with E-state index < -0.39 is 41.7 Å². The zero-order valence-corrected chi connectivity index (χ0v) is 16.8. The van der Waals surface area contributed by atoms with Gasteiger partial charge in [0.15, 0.2) is 5.92 Å². The van der Waals surface area contributed by atoms with Crippen molar-refractivity contribution >= 4 is 35.4 Å². The number of hydrogen-bond donors (Lipinski definition) is 2. The topological polar surface area (TPSA) is 137 Å². The number of carbonyl (C=O) groups is 5. The van der Waals surface area contributed by atoms with Gasteiger partial charge in [-0.15, -0.1) is 0 Å². The van der Waals surface area contributed by atoms with E-state index in [0.717, 1.165) is 21.3 Å². The molecule has 2 N–H and O–H groups in total. The molecule has 0 aliphatic rings. The van der Waals surface area contributed by atoms with Crippen molar-refractivity contribution in [1.29, 1.82) is 0 Å². The Balaban J connectivity index is 3.10. The summed E-state index contributed by atoms with van der Waals surface area (Å²) in [6.45, 7) is 2.77. The quantitative estimate of drug-likeness (QED) is 0.361. The Hall–Kier alpha value is -3.43. The molecule has 0 bridgehead atoms. The molecule has 10 heteroatoms. The third-order valence-corrected chi connectivity index (χ3v) is 4.17. The molecule has 10 nitrogen and oxygen atoms in total. The van der Waals surface area contributed by atoms with Crippen LogP contribution >= 0.6 is 0 Å². The second-order valence-electron chi connectivity index (χ2n) is 6.12. The zero-order chi connectivity index (χ0) is 22.1. The van der Waals surface area contributed by atoms with Crippen LogP contribution in [0.1, 0.15) is 24.2 Å². The number of esters is 3. The maximum Gasteiger partial charge on any atom is 0.328 e. The highest BCUT2D eigenvalue weighted by Gasteiger charge is 2.42. The molecule has 0 saturated carbocycles. The molecule has 0 aromatic heterocycles. The second-order valence-corrected chi connectivity index (χ2v) is 6.12. The average molecular weight is 408 g/mol. The predicted molar refractivity (Wildman–Crippen MR) is 101 cm³/mol. The summed E-state index contributed by atoms with van der Waals surface area (Å²) in [6.07, 6.45) is 0. The molecule has 0 unspecified atom stereocenters. The molecule has 0 aliphatic carbocycles. The normalized spacial score (nSPS) is 12.3. The molecule has 158 valence electrons. The summed E-state index contributed by atoms with van der Waals surface area (Å²) in [5.41, 5.74) is 0.677. The molecule has 29 heavy (non-hydrogen) atoms. The van der Waals surface area contributed by atoms with Crippen molar-refractivity contribution in [3.05, 3.63) is 29.8 Å². The summed E-state index contributed by atoms with van der Waals surface area (Å²) >= 11 is 0. The fourth-order valence-corrected chi connectivity index (χ4v) is 2.64. The highest BCUT2D eigenvalue weighted by molar-refractivity contribution is 5.99. The van der Waals surface area contributed by atoms with Gasteiger partial charge >= 0.3 is 17.9 Å². The number of carbonyl (C=O) groups excluding carboxylic acids is 5. The Bertz CT molecular complexity index is 759. The summed E-state index contributed by atoms with van der Waals surface area (Å²) < 4.78 is 13.9. The van der Waals surface area contributed by atoms with Gasteiger partial charge in [0.2, 0.25) is 5.91 Å². The molecule has 0 spiro atoms. The molecule has 2 amide bonds. The number of nitrogens with one attached hydrogen (secondary N) is 2. The summed E-state index contributed by atoms with van der Waals surface area (Å²) in [6, 6.07) is 4.58. The minimum absolute atomic E-state index is 0.188. The Morgan fingerprint density at radius 1 is 0.828 bits per heavy atom. The number of rotatable bonds is 8. The summed E-state index contributed by atoms with van der Waals surface area (Å²) in [5.74, 6) is -6.05. The monoisotopic (exact) mass is 408 g/mol. The number of benzene rings is 1. The van der Waals surface area contributed by atoms with Crippen molar-refractivity contribution in [2.45, 2.75) is 19.9 Å². The molecule has 0 aliphatic heterocycles. The van der Waals surface area contributed by atoms with Crippen molar-refractivity contribution in [2.75, 3.05) is 26.6 Å². The maximum absolute atomic E-state index is 12.6. The predicted octanol–water partition coefficient (Wildman–Crippen LogP) is 0.515. The zero-order valence-electron chi connectivity index (χ0n) is 16.8. The number of ether oxygens (including phenoxy) is 3. The Morgan fingerprint density at radius 2 is 1.31 bits per heavy atom. The van der Waals surface area contributed by atoms with E-state index in [2.05, 4.69) is 20.1 Å². The van der Waals surface area contributed by atoms with E-state index in [1.54, 1.807) is 0 Å². The summed E-state index contributed by atoms with van der Waals surface area (Å²) in [4.78, 5) is 59.9. The molecule has 1 aromatic rings. The number of anilines is 1. The molecule has 0 radical (unpaired) electrons. The minimum atomic E-state index is -1.45. The number of amides is 2. The molecule has 0 heterocycles. The van der Waals surface area contributed by atoms with Gasteiger partial charge in [-0.05, 0) is 24.3 Å². The average Bonchev–Trinajstić information content (AvgIpc) is 2.70. The van der Waals surface area contributed by atoms with Crippen LogP contribution in [0.5, 0.6) is 0 Å². The van der Waals surface area contributed by atoms with Gasteiger partial charge in [-0.1, -0.05) is 6.92 Å². The lowest BCUT2D eigenvalue weighted by atomic mass is 9.87. The third kappa shape index (κ3) is 6.30. The van der Waals surface area contributed by atoms with Gasteiger partial charge in [-0.25, -0.2) is 4.79 Å². The molecular weight excluding hydrogens is 384 g/mol. The lowest BCUT2D eigenvalue weighted by Gasteiger charge is -2.27. The van der Waals surface area contributed by atoms with Crippen molar-refractivity contribution in [3.63, 3.8) is 0 Å². The summed E-state index contributed by atoms with van der Waals surface area (Å²) in [5, 5.41) is 5.03. The lowest BCUT2D eigenvalue weighted by molar-refractivity contribution is -0.163. The first-order valence-corrected chi connectivity index (χ1v) is 8.58. The summed E-state index contributed by atoms with van der Waals surface area (Å²) in [7, 11) is 3.29. The van der Waals surface area contributed by atoms with E-state index in [4.69, 9.17) is 4.74 Å². The fourth-order valence-electron chi connectivity index (χ4n) is 2.64. The van der Waals surface area contributed by atoms with Gasteiger partial charge in [0.05, 0.1) is 21.3 Å². The van der Waals surface area contributed by atoms with Crippen molar-refractivity contribution in [3.8, 4) is 0 Å². The molecule has 1 aromatic carbocycles. The first-order valence-electron chi connectivity index (χ1n) is 8.58. The van der Waals surface area contributed by atoms with Crippen molar-refractivity contribution in [1.82, 2.24) is 5.32 Å². The van der Waals surface area contributed by atoms with Gasteiger partial charge in [0.25, 0.3) is 5.91 Å². The Kier molecular flexibility index (Phi) is 8.78. The standard InChI is InChI=1S/C19H24N2O8/c1-10(14(17(24)27-3)18(25)28-4)15(19(26)29-5)21-16(23)12-6-8-13(9-7-12)20-11(2)22/h6-10,14-15H,1-5H3,(H,20,22)(H,21,23)/t10-,15-/m0/s1. The van der Waals surface area contributed by atoms with Crippen LogP contribution in [-0.4, -0.2) is 57.1 Å². The highest BCUT2D eigenvalue weighted by Crippen LogP contribution is 2.21. The van der Waals surface area contributed by atoms with Crippen LogP contribution in [0.2, 0.25) is 0 Å². The fraction of sp³-hybridized carbons (Fsp3) is 0.421. The van der Waals surface area contributed by atoms with Gasteiger partial charge in [-0.3, -0.25) is 19.2 Å². The van der Waals surface area contributed by atoms with Crippen LogP contribution in [0, 0.1) is 11.8 Å². The van der Waals surface area contributed by atoms with Gasteiger partial charge in [0.1, 0.15) is 6.04 Å². The van der Waals surface area contributed by atoms with Crippen LogP contribution in [-0.2, 0) is 33.4 Å². The van der Waals surface area contributed by atoms with Gasteiger partial charge < -0.3 is 24.8 Å². The highest BCUT2D eigenvalue weighted by atomic mass is 16.5. The van der Waals surface area contributed by atoms with Gasteiger partial charge in [-0.2, -0.15) is 0 Å². The van der Waals surface area contributed by atoms with Gasteiger partial charge in [0, 0.05) is 24.1 Å². The Labute approximate surface area is 167 Å². The largest absolute Gasteiger partial charge is 0.468 e. The second kappa shape index (κ2) is 10.8. The number of hydrogen-bond acceptors (Lipinski definition) is 8. The smallest absolute Gasteiger partial charge is 0.328 e. The molecular formula is C19H24N2O8. The van der Waals surface area contributed by atoms with E-state index >= 15 is 0 Å². The third-order valence-electron chi connectivity index (χ3n) is 4.17. The first-order chi connectivity index (χ1) is 13.7. The van der Waals surface area contributed by atoms with E-state index in [0.29, 0.717) is 5.69 Å². The first kappa shape index (κ1) is 23.6. The van der Waals surface area contributed by atoms with E-state index in [1.807, 2.05) is 0 Å². The maximum atomic E-state index is 12.6. The molecule has 0 fully saturated rings. The van der Waals surface area contributed by atoms with Crippen LogP contribution in [0.3, 0.4) is 0 Å². The molecule has 0 saturated heterocycles.